The van der Waals surface area contributed by atoms with E-state index in [0.29, 0.717) is 17.2 Å². The summed E-state index contributed by atoms with van der Waals surface area (Å²) in [6.45, 7) is 3.72. The number of ether oxygens (including phenoxy) is 3. The molecule has 0 saturated heterocycles. The number of hydrogen-bond donors (Lipinski definition) is 1. The van der Waals surface area contributed by atoms with Crippen LogP contribution in [0.5, 0.6) is 17.2 Å². The zero-order valence-electron chi connectivity index (χ0n) is 15.1. The van der Waals surface area contributed by atoms with Gasteiger partial charge in [0.15, 0.2) is 17.6 Å². The third kappa shape index (κ3) is 3.34. The van der Waals surface area contributed by atoms with Gasteiger partial charge >= 0.3 is 0 Å². The Morgan fingerprint density at radius 1 is 1.12 bits per heavy atom. The minimum atomic E-state index is -0.608. The Kier molecular flexibility index (Phi) is 4.23. The first-order chi connectivity index (χ1) is 12.5. The Morgan fingerprint density at radius 3 is 2.65 bits per heavy atom. The number of rotatable bonds is 4. The second kappa shape index (κ2) is 6.56. The smallest absolute Gasteiger partial charge is 0.265 e. The maximum absolute atomic E-state index is 12.4. The van der Waals surface area contributed by atoms with Gasteiger partial charge in [-0.25, -0.2) is 0 Å². The van der Waals surface area contributed by atoms with E-state index in [-0.39, 0.29) is 5.91 Å². The second-order valence-corrected chi connectivity index (χ2v) is 7.05. The normalized spacial score (nSPS) is 17.9. The van der Waals surface area contributed by atoms with E-state index < -0.39 is 11.9 Å². The molecule has 1 heterocycles. The van der Waals surface area contributed by atoms with E-state index in [2.05, 4.69) is 5.32 Å². The molecule has 0 aromatic heterocycles. The van der Waals surface area contributed by atoms with Gasteiger partial charge in [0.1, 0.15) is 5.75 Å². The summed E-state index contributed by atoms with van der Waals surface area (Å²) in [5.74, 6) is 1.42. The molecule has 0 radical (unpaired) electrons. The maximum atomic E-state index is 12.4. The van der Waals surface area contributed by atoms with Crippen LogP contribution in [0, 0.1) is 6.92 Å². The van der Waals surface area contributed by atoms with Crippen molar-refractivity contribution in [3.05, 3.63) is 48.0 Å². The maximum Gasteiger partial charge on any atom is 0.265 e. The first-order valence-electron chi connectivity index (χ1n) is 9.09. The predicted octanol–water partition coefficient (Wildman–Crippen LogP) is 4.44. The Morgan fingerprint density at radius 2 is 1.88 bits per heavy atom. The molecule has 1 aliphatic heterocycles. The minimum absolute atomic E-state index is 0.207. The number of nitrogens with one attached hydrogen (secondary N) is 1. The fourth-order valence-corrected chi connectivity index (χ4v) is 3.48. The molecule has 1 unspecified atom stereocenters. The van der Waals surface area contributed by atoms with Crippen LogP contribution in [0.15, 0.2) is 42.5 Å². The van der Waals surface area contributed by atoms with Crippen molar-refractivity contribution in [2.45, 2.75) is 51.4 Å². The van der Waals surface area contributed by atoms with Gasteiger partial charge in [-0.3, -0.25) is 4.79 Å². The lowest BCUT2D eigenvalue weighted by atomic mass is 10.2. The van der Waals surface area contributed by atoms with Crippen LogP contribution in [0.1, 0.15) is 38.2 Å². The van der Waals surface area contributed by atoms with E-state index in [4.69, 9.17) is 14.2 Å². The van der Waals surface area contributed by atoms with E-state index in [1.807, 2.05) is 49.4 Å². The van der Waals surface area contributed by atoms with Gasteiger partial charge in [-0.05, 0) is 56.5 Å². The molecule has 136 valence electrons. The summed E-state index contributed by atoms with van der Waals surface area (Å²) in [7, 11) is 0. The highest BCUT2D eigenvalue weighted by atomic mass is 16.7. The summed E-state index contributed by atoms with van der Waals surface area (Å²) < 4.78 is 17.8. The Labute approximate surface area is 153 Å². The molecular formula is C21H23NO4. The Bertz CT molecular complexity index is 827. The molecule has 2 aliphatic rings. The largest absolute Gasteiger partial charge is 0.481 e. The molecular weight excluding hydrogens is 330 g/mol. The van der Waals surface area contributed by atoms with Gasteiger partial charge < -0.3 is 19.5 Å². The van der Waals surface area contributed by atoms with Gasteiger partial charge in [0, 0.05) is 24.6 Å². The number of aryl methyl sites for hydroxylation is 1. The lowest BCUT2D eigenvalue weighted by Gasteiger charge is -2.21. The van der Waals surface area contributed by atoms with Crippen molar-refractivity contribution in [1.82, 2.24) is 0 Å². The number of carbonyl (C=O) groups is 1. The zero-order valence-corrected chi connectivity index (χ0v) is 15.1. The minimum Gasteiger partial charge on any atom is -0.481 e. The molecule has 4 rings (SSSR count). The van der Waals surface area contributed by atoms with Gasteiger partial charge in [-0.15, -0.1) is 0 Å². The highest BCUT2D eigenvalue weighted by Crippen LogP contribution is 2.47. The number of hydrogen-bond acceptors (Lipinski definition) is 4. The van der Waals surface area contributed by atoms with E-state index in [0.717, 1.165) is 37.0 Å². The van der Waals surface area contributed by atoms with Crippen LogP contribution in [0.2, 0.25) is 0 Å². The second-order valence-electron chi connectivity index (χ2n) is 7.05. The molecule has 26 heavy (non-hydrogen) atoms. The quantitative estimate of drug-likeness (QED) is 0.883. The van der Waals surface area contributed by atoms with Crippen molar-refractivity contribution >= 4 is 11.6 Å². The molecule has 5 heteroatoms. The van der Waals surface area contributed by atoms with Gasteiger partial charge in [0.05, 0.1) is 0 Å². The molecule has 1 amide bonds. The predicted molar refractivity (Wildman–Crippen MR) is 98.8 cm³/mol. The fourth-order valence-electron chi connectivity index (χ4n) is 3.48. The summed E-state index contributed by atoms with van der Waals surface area (Å²) in [5, 5.41) is 2.89. The van der Waals surface area contributed by atoms with E-state index in [1.165, 1.54) is 0 Å². The van der Waals surface area contributed by atoms with Crippen molar-refractivity contribution < 1.29 is 19.0 Å². The van der Waals surface area contributed by atoms with Crippen molar-refractivity contribution in [1.29, 1.82) is 0 Å². The van der Waals surface area contributed by atoms with Gasteiger partial charge in [0.25, 0.3) is 11.7 Å². The number of anilines is 1. The van der Waals surface area contributed by atoms with Crippen molar-refractivity contribution in [2.75, 3.05) is 5.32 Å². The van der Waals surface area contributed by atoms with Crippen molar-refractivity contribution in [3.63, 3.8) is 0 Å². The summed E-state index contributed by atoms with van der Waals surface area (Å²) in [5.41, 5.74) is 1.76. The molecule has 5 nitrogen and oxygen atoms in total. The third-order valence-corrected chi connectivity index (χ3v) is 4.84. The lowest BCUT2D eigenvalue weighted by Crippen LogP contribution is -2.34. The molecule has 1 atom stereocenters. The lowest BCUT2D eigenvalue weighted by molar-refractivity contribution is -0.122. The number of fused-ring (bicyclic) bond motifs is 1. The average Bonchev–Trinajstić information content (AvgIpc) is 3.20. The molecule has 1 fully saturated rings. The van der Waals surface area contributed by atoms with Gasteiger partial charge in [-0.1, -0.05) is 12.1 Å². The fraction of sp³-hybridized carbons (Fsp3) is 0.381. The van der Waals surface area contributed by atoms with Crippen LogP contribution in [0.4, 0.5) is 5.69 Å². The molecule has 2 aromatic rings. The summed E-state index contributed by atoms with van der Waals surface area (Å²) in [6.07, 6.45) is 3.44. The molecule has 1 spiro atoms. The first-order valence-corrected chi connectivity index (χ1v) is 9.09. The highest BCUT2D eigenvalue weighted by molar-refractivity contribution is 5.94. The molecule has 2 aromatic carbocycles. The van der Waals surface area contributed by atoms with Gasteiger partial charge in [-0.2, -0.15) is 0 Å². The Hall–Kier alpha value is -2.69. The first kappa shape index (κ1) is 16.8. The van der Waals surface area contributed by atoms with Crippen LogP contribution < -0.4 is 19.5 Å². The topological polar surface area (TPSA) is 56.8 Å². The number of amides is 1. The number of carbonyl (C=O) groups excluding carboxylic acids is 1. The van der Waals surface area contributed by atoms with E-state index in [1.54, 1.807) is 6.92 Å². The van der Waals surface area contributed by atoms with Crippen LogP contribution in [0.3, 0.4) is 0 Å². The zero-order chi connectivity index (χ0) is 18.1. The van der Waals surface area contributed by atoms with Crippen LogP contribution in [-0.2, 0) is 4.79 Å². The summed E-state index contributed by atoms with van der Waals surface area (Å²) >= 11 is 0. The van der Waals surface area contributed by atoms with Crippen LogP contribution in [-0.4, -0.2) is 17.8 Å². The number of benzene rings is 2. The Balaban J connectivity index is 1.41. The molecule has 0 bridgehead atoms. The standard InChI is InChI=1S/C21H23NO4/c1-14-6-5-7-17(12-14)24-15(2)20(23)22-16-8-9-18-19(13-16)26-21(25-18)10-3-4-11-21/h5-9,12-13,15H,3-4,10-11H2,1-2H3,(H,22,23). The van der Waals surface area contributed by atoms with Crippen LogP contribution >= 0.6 is 0 Å². The third-order valence-electron chi connectivity index (χ3n) is 4.84. The van der Waals surface area contributed by atoms with E-state index in [9.17, 15) is 4.79 Å². The molecule has 1 saturated carbocycles. The SMILES string of the molecule is Cc1cccc(OC(C)C(=O)Nc2ccc3c(c2)OC2(CCCC2)O3)c1. The average molecular weight is 353 g/mol. The summed E-state index contributed by atoms with van der Waals surface area (Å²) in [4.78, 5) is 12.4. The van der Waals surface area contributed by atoms with E-state index >= 15 is 0 Å². The summed E-state index contributed by atoms with van der Waals surface area (Å²) in [6, 6.07) is 13.1. The van der Waals surface area contributed by atoms with Gasteiger partial charge in [0.2, 0.25) is 0 Å². The molecule has 1 aliphatic carbocycles. The van der Waals surface area contributed by atoms with Crippen molar-refractivity contribution in [3.8, 4) is 17.2 Å². The monoisotopic (exact) mass is 353 g/mol. The highest BCUT2D eigenvalue weighted by Gasteiger charge is 2.44. The van der Waals surface area contributed by atoms with Crippen molar-refractivity contribution in [2.24, 2.45) is 0 Å². The van der Waals surface area contributed by atoms with Crippen LogP contribution in [0.25, 0.3) is 0 Å². The molecule has 1 N–H and O–H groups in total.